The Bertz CT molecular complexity index is 1900. The Morgan fingerprint density at radius 1 is 0.542 bits per heavy atom. The summed E-state index contributed by atoms with van der Waals surface area (Å²) in [5, 5.41) is 24.6. The Hall–Kier alpha value is -1.44. The number of allylic oxidation sites excluding steroid dienone is 2. The SMILES string of the molecule is C.C[C@@]1(O)CC[C@H]2[C@H](CC[C@@H]3[C@@H]2CC[C@@]2(C)[C@H]3CC[C@@H]2P(C)(=O)c2ccccc2)C1.C[C@@]1(O)CC[C@H]2[C@H](CC[C@@H]3[C@@H]2CC[C@]2(C)C(P(C)(=O)c4ccccc4)=CC[C@@H]32)C1. The number of hydrogen-bond acceptors (Lipinski definition) is 4. The van der Waals surface area contributed by atoms with E-state index in [0.717, 1.165) is 102 Å². The van der Waals surface area contributed by atoms with Crippen molar-refractivity contribution < 1.29 is 19.3 Å². The molecule has 2 unspecified atom stereocenters. The molecule has 0 radical (unpaired) electrons. The molecule has 8 aliphatic rings. The molecule has 7 fully saturated rings. The molecule has 0 saturated heterocycles. The van der Waals surface area contributed by atoms with Crippen molar-refractivity contribution >= 4 is 24.9 Å². The van der Waals surface area contributed by atoms with Gasteiger partial charge in [-0.3, -0.25) is 0 Å². The minimum atomic E-state index is -2.51. The summed E-state index contributed by atoms with van der Waals surface area (Å²) in [5.74, 6) is 7.82. The van der Waals surface area contributed by atoms with Crippen molar-refractivity contribution in [2.24, 2.45) is 70.0 Å². The molecule has 326 valence electrons. The molecule has 0 bridgehead atoms. The van der Waals surface area contributed by atoms with Crippen LogP contribution in [0, 0.1) is 70.0 Å². The molecule has 2 aromatic rings. The summed E-state index contributed by atoms with van der Waals surface area (Å²) in [6, 6.07) is 20.5. The molecule has 7 saturated carbocycles. The Labute approximate surface area is 359 Å². The van der Waals surface area contributed by atoms with E-state index in [1.54, 1.807) is 0 Å². The van der Waals surface area contributed by atoms with Gasteiger partial charge in [0.1, 0.15) is 14.3 Å². The van der Waals surface area contributed by atoms with Crippen LogP contribution in [-0.2, 0) is 9.13 Å². The topological polar surface area (TPSA) is 74.6 Å². The van der Waals surface area contributed by atoms with Crippen LogP contribution in [0.15, 0.2) is 72.1 Å². The van der Waals surface area contributed by atoms with Gasteiger partial charge in [-0.15, -0.1) is 0 Å². The lowest BCUT2D eigenvalue weighted by Gasteiger charge is -2.57. The second-order valence-corrected chi connectivity index (χ2v) is 28.8. The number of hydrogen-bond donors (Lipinski definition) is 2. The zero-order chi connectivity index (χ0) is 40.9. The second kappa shape index (κ2) is 16.0. The monoisotopic (exact) mass is 843 g/mol. The second-order valence-electron chi connectivity index (χ2n) is 22.9. The highest BCUT2D eigenvalue weighted by molar-refractivity contribution is 7.75. The summed E-state index contributed by atoms with van der Waals surface area (Å²) < 4.78 is 28.2. The lowest BCUT2D eigenvalue weighted by molar-refractivity contribution is -0.0934. The molecule has 59 heavy (non-hydrogen) atoms. The first-order valence-corrected chi connectivity index (χ1v) is 28.2. The molecular formula is C53H80O4P2. The predicted octanol–water partition coefficient (Wildman–Crippen LogP) is 12.9. The minimum Gasteiger partial charge on any atom is -0.390 e. The first-order valence-electron chi connectivity index (χ1n) is 23.9. The van der Waals surface area contributed by atoms with Crippen LogP contribution in [0.2, 0.25) is 0 Å². The van der Waals surface area contributed by atoms with Gasteiger partial charge in [0.15, 0.2) is 0 Å². The fourth-order valence-electron chi connectivity index (χ4n) is 16.9. The van der Waals surface area contributed by atoms with Gasteiger partial charge in [-0.25, -0.2) is 0 Å². The molecule has 0 aromatic heterocycles. The van der Waals surface area contributed by atoms with Crippen LogP contribution in [0.4, 0.5) is 0 Å². The molecule has 2 aromatic carbocycles. The predicted molar refractivity (Wildman–Crippen MR) is 249 cm³/mol. The van der Waals surface area contributed by atoms with Crippen molar-refractivity contribution in [2.45, 2.75) is 161 Å². The van der Waals surface area contributed by atoms with Crippen molar-refractivity contribution in [3.8, 4) is 0 Å². The van der Waals surface area contributed by atoms with E-state index >= 15 is 0 Å². The molecule has 6 heteroatoms. The maximum Gasteiger partial charge on any atom is 0.136 e. The Balaban J connectivity index is 0.000000161. The Morgan fingerprint density at radius 3 is 1.59 bits per heavy atom. The van der Waals surface area contributed by atoms with Crippen LogP contribution < -0.4 is 10.6 Å². The van der Waals surface area contributed by atoms with Crippen LogP contribution in [0.5, 0.6) is 0 Å². The number of fused-ring (bicyclic) bond motifs is 10. The van der Waals surface area contributed by atoms with E-state index in [0.29, 0.717) is 11.6 Å². The van der Waals surface area contributed by atoms with Crippen LogP contribution in [0.25, 0.3) is 0 Å². The highest BCUT2D eigenvalue weighted by Crippen LogP contribution is 2.71. The van der Waals surface area contributed by atoms with E-state index in [9.17, 15) is 19.3 Å². The zero-order valence-corrected chi connectivity index (χ0v) is 38.6. The lowest BCUT2D eigenvalue weighted by atomic mass is 9.50. The van der Waals surface area contributed by atoms with Gasteiger partial charge >= 0.3 is 0 Å². The minimum absolute atomic E-state index is 0. The molecule has 0 amide bonds. The largest absolute Gasteiger partial charge is 0.390 e. The molecule has 17 atom stereocenters. The maximum atomic E-state index is 14.1. The van der Waals surface area contributed by atoms with Gasteiger partial charge in [0.2, 0.25) is 0 Å². The molecule has 10 rings (SSSR count). The zero-order valence-electron chi connectivity index (χ0n) is 36.8. The van der Waals surface area contributed by atoms with Crippen molar-refractivity contribution in [3.63, 3.8) is 0 Å². The van der Waals surface area contributed by atoms with Gasteiger partial charge in [-0.05, 0) is 212 Å². The number of benzene rings is 2. The summed E-state index contributed by atoms with van der Waals surface area (Å²) in [5.41, 5.74) is -0.167. The lowest BCUT2D eigenvalue weighted by Crippen LogP contribution is -2.51. The van der Waals surface area contributed by atoms with Crippen LogP contribution in [0.3, 0.4) is 0 Å². The highest BCUT2D eigenvalue weighted by Gasteiger charge is 2.61. The Morgan fingerprint density at radius 2 is 1.03 bits per heavy atom. The van der Waals surface area contributed by atoms with E-state index in [-0.39, 0.29) is 18.3 Å². The quantitative estimate of drug-likeness (QED) is 0.301. The molecule has 0 spiro atoms. The highest BCUT2D eigenvalue weighted by atomic mass is 31.2. The van der Waals surface area contributed by atoms with Gasteiger partial charge < -0.3 is 19.3 Å². The summed E-state index contributed by atoms with van der Waals surface area (Å²) >= 11 is 0. The van der Waals surface area contributed by atoms with Gasteiger partial charge in [0.05, 0.1) is 11.2 Å². The molecule has 0 aliphatic heterocycles. The normalized spacial score (nSPS) is 46.6. The molecule has 8 aliphatic carbocycles. The van der Waals surface area contributed by atoms with Crippen LogP contribution in [-0.4, -0.2) is 40.4 Å². The average molecular weight is 843 g/mol. The van der Waals surface area contributed by atoms with E-state index in [1.807, 2.05) is 37.9 Å². The van der Waals surface area contributed by atoms with Crippen molar-refractivity contribution in [2.75, 3.05) is 13.3 Å². The van der Waals surface area contributed by atoms with E-state index in [2.05, 4.69) is 69.9 Å². The number of rotatable bonds is 4. The van der Waals surface area contributed by atoms with Gasteiger partial charge in [-0.1, -0.05) is 88.0 Å². The van der Waals surface area contributed by atoms with Crippen LogP contribution in [0.1, 0.15) is 144 Å². The molecular weight excluding hydrogens is 763 g/mol. The van der Waals surface area contributed by atoms with Crippen molar-refractivity contribution in [1.82, 2.24) is 0 Å². The molecule has 0 heterocycles. The average Bonchev–Trinajstić information content (AvgIpc) is 3.75. The third-order valence-electron chi connectivity index (χ3n) is 19.5. The van der Waals surface area contributed by atoms with Crippen LogP contribution >= 0.6 is 14.3 Å². The third-order valence-corrected chi connectivity index (χ3v) is 25.8. The fourth-order valence-corrected chi connectivity index (χ4v) is 22.8. The summed E-state index contributed by atoms with van der Waals surface area (Å²) in [6.07, 6.45) is 22.6. The third kappa shape index (κ3) is 7.63. The van der Waals surface area contributed by atoms with E-state index in [4.69, 9.17) is 0 Å². The standard InChI is InChI=1S/C26H39O2P.C26H37O2P.CH4/c2*1-25(27)15-13-20-18(17-25)9-10-22-21(20)14-16-26(2)23(22)11-12-24(26)29(3,28)19-7-5-4-6-8-19;/h4-8,18,20-24,27H,9-17H2,1-3H3;4-8,12,18,20-23,27H,9-11,13-17H2,1-3H3;1H4/t18-,20+,21-,22-,23+,24+,25-,26+,29?;18-,20+,21-,22-,23+,25-,26+,29?;/m11./s1. The molecule has 4 nitrogen and oxygen atoms in total. The summed E-state index contributed by atoms with van der Waals surface area (Å²) in [6.45, 7) is 13.1. The first kappa shape index (κ1) is 44.2. The number of aliphatic hydroxyl groups is 2. The van der Waals surface area contributed by atoms with Gasteiger partial charge in [-0.2, -0.15) is 0 Å². The smallest absolute Gasteiger partial charge is 0.136 e. The Kier molecular flexibility index (Phi) is 12.0. The maximum absolute atomic E-state index is 14.1. The van der Waals surface area contributed by atoms with Crippen molar-refractivity contribution in [3.05, 3.63) is 72.1 Å². The van der Waals surface area contributed by atoms with E-state index < -0.39 is 25.5 Å². The summed E-state index contributed by atoms with van der Waals surface area (Å²) in [4.78, 5) is 0. The summed E-state index contributed by atoms with van der Waals surface area (Å²) in [7, 11) is -4.89. The van der Waals surface area contributed by atoms with Crippen molar-refractivity contribution in [1.29, 1.82) is 0 Å². The fraction of sp³-hybridized carbons (Fsp3) is 0.736. The van der Waals surface area contributed by atoms with Gasteiger partial charge in [0.25, 0.3) is 0 Å². The van der Waals surface area contributed by atoms with Gasteiger partial charge in [0, 0.05) is 16.3 Å². The van der Waals surface area contributed by atoms with E-state index in [1.165, 1.54) is 75.9 Å². The first-order chi connectivity index (χ1) is 27.4. The molecule has 2 N–H and O–H groups in total.